The molecule has 0 radical (unpaired) electrons. The molecule has 2 heterocycles. The van der Waals surface area contributed by atoms with Crippen molar-refractivity contribution in [3.63, 3.8) is 0 Å². The van der Waals surface area contributed by atoms with Gasteiger partial charge in [0.25, 0.3) is 0 Å². The molecule has 0 spiro atoms. The van der Waals surface area contributed by atoms with Gasteiger partial charge in [-0.3, -0.25) is 0 Å². The van der Waals surface area contributed by atoms with Gasteiger partial charge in [0.05, 0.1) is 18.9 Å². The van der Waals surface area contributed by atoms with E-state index in [0.29, 0.717) is 24.1 Å². The summed E-state index contributed by atoms with van der Waals surface area (Å²) in [7, 11) is 1.85. The molecule has 90 valence electrons. The molecule has 1 saturated heterocycles. The molecule has 0 amide bonds. The summed E-state index contributed by atoms with van der Waals surface area (Å²) in [5.41, 5.74) is 7.59. The van der Waals surface area contributed by atoms with Crippen LogP contribution < -0.4 is 10.5 Å². The minimum atomic E-state index is 0.109. The zero-order chi connectivity index (χ0) is 11.7. The largest absolute Gasteiger partial charge is 0.471 e. The monoisotopic (exact) mass is 225 g/mol. The Kier molecular flexibility index (Phi) is 3.05. The number of hydrogen-bond donors (Lipinski definition) is 1. The molecule has 16 heavy (non-hydrogen) atoms. The molecule has 1 unspecified atom stereocenters. The summed E-state index contributed by atoms with van der Waals surface area (Å²) in [6.07, 6.45) is 1.03. The van der Waals surface area contributed by atoms with Crippen molar-refractivity contribution in [1.29, 1.82) is 0 Å². The van der Waals surface area contributed by atoms with Crippen LogP contribution in [0.2, 0.25) is 0 Å². The molecule has 0 bridgehead atoms. The number of nitrogens with zero attached hydrogens (tertiary/aromatic N) is 2. The van der Waals surface area contributed by atoms with E-state index in [9.17, 15) is 0 Å². The smallest absolute Gasteiger partial charge is 0.236 e. The van der Waals surface area contributed by atoms with Gasteiger partial charge in [0, 0.05) is 13.5 Å². The summed E-state index contributed by atoms with van der Waals surface area (Å²) in [6.45, 7) is 5.55. The van der Waals surface area contributed by atoms with Crippen LogP contribution in [0.25, 0.3) is 0 Å². The maximum atomic E-state index is 6.03. The van der Waals surface area contributed by atoms with Gasteiger partial charge in [0.15, 0.2) is 0 Å². The third-order valence-corrected chi connectivity index (χ3v) is 2.77. The molecule has 2 N–H and O–H groups in total. The van der Waals surface area contributed by atoms with Crippen molar-refractivity contribution in [2.75, 3.05) is 18.9 Å². The van der Waals surface area contributed by atoms with Crippen molar-refractivity contribution < 1.29 is 9.47 Å². The highest BCUT2D eigenvalue weighted by Gasteiger charge is 2.23. The van der Waals surface area contributed by atoms with Crippen LogP contribution in [-0.2, 0) is 11.8 Å². The van der Waals surface area contributed by atoms with Crippen LogP contribution in [-0.4, -0.2) is 29.1 Å². The van der Waals surface area contributed by atoms with E-state index < -0.39 is 0 Å². The fraction of sp³-hybridized carbons (Fsp3) is 0.727. The molecule has 1 aromatic rings. The van der Waals surface area contributed by atoms with Gasteiger partial charge in [-0.25, -0.2) is 4.68 Å². The Hall–Kier alpha value is -1.23. The highest BCUT2D eigenvalue weighted by Crippen LogP contribution is 2.31. The van der Waals surface area contributed by atoms with Crippen molar-refractivity contribution >= 4 is 5.69 Å². The summed E-state index contributed by atoms with van der Waals surface area (Å²) >= 11 is 0. The molecule has 1 atom stereocenters. The predicted molar refractivity (Wildman–Crippen MR) is 61.6 cm³/mol. The first-order valence-corrected chi connectivity index (χ1v) is 5.66. The average molecular weight is 225 g/mol. The second-order valence-electron chi connectivity index (χ2n) is 4.49. The lowest BCUT2D eigenvalue weighted by Crippen LogP contribution is -2.18. The molecule has 1 aliphatic heterocycles. The fourth-order valence-electron chi connectivity index (χ4n) is 1.87. The highest BCUT2D eigenvalue weighted by atomic mass is 16.6. The number of hydrogen-bond acceptors (Lipinski definition) is 4. The topological polar surface area (TPSA) is 62.3 Å². The maximum absolute atomic E-state index is 6.03. The summed E-state index contributed by atoms with van der Waals surface area (Å²) in [5.74, 6) is 0.975. The van der Waals surface area contributed by atoms with E-state index in [4.69, 9.17) is 15.2 Å². The molecule has 1 fully saturated rings. The molecule has 0 saturated carbocycles. The van der Waals surface area contributed by atoms with Gasteiger partial charge in [-0.15, -0.1) is 0 Å². The molecule has 0 aliphatic carbocycles. The van der Waals surface area contributed by atoms with E-state index in [-0.39, 0.29) is 6.10 Å². The number of nitrogens with two attached hydrogens (primary N) is 1. The van der Waals surface area contributed by atoms with Crippen molar-refractivity contribution in [2.45, 2.75) is 32.3 Å². The van der Waals surface area contributed by atoms with Crippen LogP contribution in [0.15, 0.2) is 0 Å². The van der Waals surface area contributed by atoms with Crippen LogP contribution in [0.4, 0.5) is 5.69 Å². The Labute approximate surface area is 95.5 Å². The second-order valence-corrected chi connectivity index (χ2v) is 4.49. The highest BCUT2D eigenvalue weighted by molar-refractivity contribution is 5.54. The van der Waals surface area contributed by atoms with Crippen molar-refractivity contribution in [3.05, 3.63) is 5.69 Å². The van der Waals surface area contributed by atoms with E-state index in [1.165, 1.54) is 0 Å². The second kappa shape index (κ2) is 4.33. The SMILES string of the molecule is CC(C)c1nn(C)c(OC2CCOC2)c1N. The molecular formula is C11H19N3O2. The average Bonchev–Trinajstić information content (AvgIpc) is 2.81. The first-order chi connectivity index (χ1) is 7.59. The Morgan fingerprint density at radius 1 is 1.56 bits per heavy atom. The molecule has 5 heteroatoms. The number of rotatable bonds is 3. The van der Waals surface area contributed by atoms with Crippen molar-refractivity contribution in [1.82, 2.24) is 9.78 Å². The van der Waals surface area contributed by atoms with E-state index in [1.54, 1.807) is 4.68 Å². The van der Waals surface area contributed by atoms with E-state index in [0.717, 1.165) is 18.7 Å². The molecule has 1 aliphatic rings. The lowest BCUT2D eigenvalue weighted by Gasteiger charge is -2.12. The van der Waals surface area contributed by atoms with E-state index in [1.807, 2.05) is 7.05 Å². The molecule has 0 aromatic carbocycles. The van der Waals surface area contributed by atoms with Gasteiger partial charge in [-0.05, 0) is 5.92 Å². The van der Waals surface area contributed by atoms with Crippen LogP contribution in [0.1, 0.15) is 31.9 Å². The van der Waals surface area contributed by atoms with Crippen LogP contribution in [0.5, 0.6) is 5.88 Å². The lowest BCUT2D eigenvalue weighted by atomic mass is 10.1. The Morgan fingerprint density at radius 3 is 2.81 bits per heavy atom. The van der Waals surface area contributed by atoms with Crippen LogP contribution in [0.3, 0.4) is 0 Å². The third kappa shape index (κ3) is 2.00. The van der Waals surface area contributed by atoms with Crippen molar-refractivity contribution in [3.8, 4) is 5.88 Å². The van der Waals surface area contributed by atoms with Crippen LogP contribution >= 0.6 is 0 Å². The Balaban J connectivity index is 2.19. The Morgan fingerprint density at radius 2 is 2.31 bits per heavy atom. The summed E-state index contributed by atoms with van der Waals surface area (Å²) < 4.78 is 12.8. The maximum Gasteiger partial charge on any atom is 0.236 e. The zero-order valence-electron chi connectivity index (χ0n) is 10.1. The molecular weight excluding hydrogens is 206 g/mol. The van der Waals surface area contributed by atoms with Gasteiger partial charge in [-0.1, -0.05) is 13.8 Å². The normalized spacial score (nSPS) is 20.6. The number of aryl methyl sites for hydroxylation is 1. The first kappa shape index (κ1) is 11.3. The summed E-state index contributed by atoms with van der Waals surface area (Å²) in [4.78, 5) is 0. The number of nitrogen functional groups attached to an aromatic ring is 1. The quantitative estimate of drug-likeness (QED) is 0.842. The van der Waals surface area contributed by atoms with Gasteiger partial charge in [0.2, 0.25) is 5.88 Å². The molecule has 2 rings (SSSR count). The lowest BCUT2D eigenvalue weighted by molar-refractivity contribution is 0.135. The Bertz CT molecular complexity index is 368. The fourth-order valence-corrected chi connectivity index (χ4v) is 1.87. The van der Waals surface area contributed by atoms with Crippen LogP contribution in [0, 0.1) is 0 Å². The summed E-state index contributed by atoms with van der Waals surface area (Å²) in [5, 5.41) is 4.38. The van der Waals surface area contributed by atoms with Gasteiger partial charge in [0.1, 0.15) is 11.8 Å². The number of ether oxygens (including phenoxy) is 2. The number of anilines is 1. The van der Waals surface area contributed by atoms with E-state index >= 15 is 0 Å². The number of aromatic nitrogens is 2. The minimum Gasteiger partial charge on any atom is -0.471 e. The van der Waals surface area contributed by atoms with Gasteiger partial charge < -0.3 is 15.2 Å². The standard InChI is InChI=1S/C11H19N3O2/c1-7(2)10-9(12)11(14(3)13-10)16-8-4-5-15-6-8/h7-8H,4-6,12H2,1-3H3. The van der Waals surface area contributed by atoms with Gasteiger partial charge >= 0.3 is 0 Å². The van der Waals surface area contributed by atoms with E-state index in [2.05, 4.69) is 18.9 Å². The predicted octanol–water partition coefficient (Wildman–Crippen LogP) is 1.29. The minimum absolute atomic E-state index is 0.109. The summed E-state index contributed by atoms with van der Waals surface area (Å²) in [6, 6.07) is 0. The zero-order valence-corrected chi connectivity index (χ0v) is 10.1. The van der Waals surface area contributed by atoms with Gasteiger partial charge in [-0.2, -0.15) is 5.10 Å². The first-order valence-electron chi connectivity index (χ1n) is 5.66. The van der Waals surface area contributed by atoms with Crippen molar-refractivity contribution in [2.24, 2.45) is 7.05 Å². The molecule has 5 nitrogen and oxygen atoms in total. The third-order valence-electron chi connectivity index (χ3n) is 2.77. The molecule has 1 aromatic heterocycles.